The number of halogens is 2. The van der Waals surface area contributed by atoms with E-state index in [2.05, 4.69) is 4.74 Å². The van der Waals surface area contributed by atoms with E-state index in [1.54, 1.807) is 0 Å². The second-order valence-corrected chi connectivity index (χ2v) is 2.53. The van der Waals surface area contributed by atoms with Crippen LogP contribution in [0.3, 0.4) is 0 Å². The molecule has 1 aromatic rings. The largest absolute Gasteiger partial charge is 0.463 e. The molecule has 0 fully saturated rings. The van der Waals surface area contributed by atoms with E-state index >= 15 is 0 Å². The number of alkyl halides is 1. The van der Waals surface area contributed by atoms with Crippen LogP contribution in [-0.4, -0.2) is 13.1 Å². The van der Waals surface area contributed by atoms with Gasteiger partial charge < -0.3 is 4.74 Å². The third kappa shape index (κ3) is 2.20. The van der Waals surface area contributed by atoms with Crippen molar-refractivity contribution in [2.45, 2.75) is 0 Å². The highest BCUT2D eigenvalue weighted by Gasteiger charge is 1.98. The van der Waals surface area contributed by atoms with E-state index < -0.39 is 6.86 Å². The molecule has 0 heterocycles. The average molecular weight is 189 g/mol. The molecule has 0 amide bonds. The molecule has 2 nitrogen and oxygen atoms in total. The first-order valence-corrected chi connectivity index (χ1v) is 3.58. The van der Waals surface area contributed by atoms with Gasteiger partial charge in [0.15, 0.2) is 0 Å². The Kier molecular flexibility index (Phi) is 3.05. The summed E-state index contributed by atoms with van der Waals surface area (Å²) in [6, 6.07) is 4.33. The molecular formula is C8H6ClFO2. The van der Waals surface area contributed by atoms with Crippen LogP contribution in [0.5, 0.6) is 5.75 Å². The molecule has 0 unspecified atom stereocenters. The molecule has 0 aromatic heterocycles. The summed E-state index contributed by atoms with van der Waals surface area (Å²) in [5.74, 6) is 0.257. The SMILES string of the molecule is O=Cc1cc(Cl)cc(OCF)c1. The number of carbonyl (C=O) groups is 1. The van der Waals surface area contributed by atoms with E-state index in [4.69, 9.17) is 11.6 Å². The van der Waals surface area contributed by atoms with Gasteiger partial charge in [0.05, 0.1) is 0 Å². The summed E-state index contributed by atoms with van der Waals surface area (Å²) < 4.78 is 16.2. The molecule has 0 aliphatic rings. The van der Waals surface area contributed by atoms with Crippen molar-refractivity contribution in [1.29, 1.82) is 0 Å². The topological polar surface area (TPSA) is 26.3 Å². The summed E-state index contributed by atoms with van der Waals surface area (Å²) in [6.07, 6.45) is 0.622. The van der Waals surface area contributed by atoms with Crippen molar-refractivity contribution in [3.05, 3.63) is 28.8 Å². The second kappa shape index (κ2) is 4.07. The lowest BCUT2D eigenvalue weighted by molar-refractivity contribution is 0.112. The standard InChI is InChI=1S/C8H6ClFO2/c9-7-1-6(4-11)2-8(3-7)12-5-10/h1-4H,5H2. The van der Waals surface area contributed by atoms with Crippen molar-refractivity contribution in [2.24, 2.45) is 0 Å². The highest BCUT2D eigenvalue weighted by atomic mass is 35.5. The van der Waals surface area contributed by atoms with Gasteiger partial charge in [-0.25, -0.2) is 4.39 Å². The van der Waals surface area contributed by atoms with E-state index in [9.17, 15) is 9.18 Å². The number of carbonyl (C=O) groups excluding carboxylic acids is 1. The van der Waals surface area contributed by atoms with Gasteiger partial charge in [-0.3, -0.25) is 4.79 Å². The molecule has 0 radical (unpaired) electrons. The molecular weight excluding hydrogens is 183 g/mol. The first-order valence-electron chi connectivity index (χ1n) is 3.21. The van der Waals surface area contributed by atoms with E-state index in [-0.39, 0.29) is 5.75 Å². The Hall–Kier alpha value is -1.09. The zero-order valence-corrected chi connectivity index (χ0v) is 6.84. The normalized spacial score (nSPS) is 9.50. The summed E-state index contributed by atoms with van der Waals surface area (Å²) >= 11 is 5.60. The van der Waals surface area contributed by atoms with Crippen molar-refractivity contribution >= 4 is 17.9 Å². The summed E-state index contributed by atoms with van der Waals surface area (Å²) in [6.45, 7) is -0.932. The number of hydrogen-bond acceptors (Lipinski definition) is 2. The van der Waals surface area contributed by atoms with Gasteiger partial charge in [-0.05, 0) is 18.2 Å². The summed E-state index contributed by atoms with van der Waals surface area (Å²) in [7, 11) is 0. The molecule has 64 valence electrons. The molecule has 0 atom stereocenters. The molecule has 0 bridgehead atoms. The van der Waals surface area contributed by atoms with Gasteiger partial charge in [0.2, 0.25) is 6.86 Å². The minimum Gasteiger partial charge on any atom is -0.463 e. The predicted octanol–water partition coefficient (Wildman–Crippen LogP) is 2.46. The van der Waals surface area contributed by atoms with Gasteiger partial charge in [-0.2, -0.15) is 0 Å². The van der Waals surface area contributed by atoms with Crippen LogP contribution in [0.15, 0.2) is 18.2 Å². The van der Waals surface area contributed by atoms with E-state index in [1.807, 2.05) is 0 Å². The maximum atomic E-state index is 11.7. The summed E-state index contributed by atoms with van der Waals surface area (Å²) in [4.78, 5) is 10.3. The lowest BCUT2D eigenvalue weighted by Crippen LogP contribution is -1.91. The van der Waals surface area contributed by atoms with Crippen LogP contribution in [0.25, 0.3) is 0 Å². The average Bonchev–Trinajstić information content (AvgIpc) is 2.04. The first-order chi connectivity index (χ1) is 5.76. The molecule has 0 N–H and O–H groups in total. The lowest BCUT2D eigenvalue weighted by Gasteiger charge is -2.01. The number of aldehydes is 1. The minimum absolute atomic E-state index is 0.257. The highest BCUT2D eigenvalue weighted by Crippen LogP contribution is 2.19. The summed E-state index contributed by atoms with van der Waals surface area (Å²) in [5.41, 5.74) is 0.367. The Morgan fingerprint density at radius 3 is 2.83 bits per heavy atom. The third-order valence-electron chi connectivity index (χ3n) is 1.25. The Morgan fingerprint density at radius 1 is 1.50 bits per heavy atom. The Morgan fingerprint density at radius 2 is 2.25 bits per heavy atom. The molecule has 1 rings (SSSR count). The van der Waals surface area contributed by atoms with Crippen LogP contribution in [0.4, 0.5) is 4.39 Å². The quantitative estimate of drug-likeness (QED) is 0.682. The fourth-order valence-electron chi connectivity index (χ4n) is 0.799. The van der Waals surface area contributed by atoms with Crippen LogP contribution in [0, 0.1) is 0 Å². The van der Waals surface area contributed by atoms with Crippen LogP contribution < -0.4 is 4.74 Å². The fourth-order valence-corrected chi connectivity index (χ4v) is 1.03. The zero-order valence-electron chi connectivity index (χ0n) is 6.09. The molecule has 0 aliphatic carbocycles. The smallest absolute Gasteiger partial charge is 0.228 e. The van der Waals surface area contributed by atoms with Crippen molar-refractivity contribution in [2.75, 3.05) is 6.86 Å². The molecule has 0 spiro atoms. The van der Waals surface area contributed by atoms with Crippen LogP contribution in [0.2, 0.25) is 5.02 Å². The molecule has 0 saturated heterocycles. The van der Waals surface area contributed by atoms with Gasteiger partial charge in [0, 0.05) is 10.6 Å². The van der Waals surface area contributed by atoms with Crippen molar-refractivity contribution in [3.8, 4) is 5.75 Å². The predicted molar refractivity (Wildman–Crippen MR) is 43.4 cm³/mol. The lowest BCUT2D eigenvalue weighted by atomic mass is 10.2. The Balaban J connectivity index is 2.97. The molecule has 0 saturated carbocycles. The second-order valence-electron chi connectivity index (χ2n) is 2.09. The van der Waals surface area contributed by atoms with Gasteiger partial charge in [0.1, 0.15) is 12.0 Å². The Bertz CT molecular complexity index is 288. The van der Waals surface area contributed by atoms with Gasteiger partial charge >= 0.3 is 0 Å². The van der Waals surface area contributed by atoms with Gasteiger partial charge in [-0.15, -0.1) is 0 Å². The van der Waals surface area contributed by atoms with Crippen molar-refractivity contribution in [3.63, 3.8) is 0 Å². The van der Waals surface area contributed by atoms with Crippen LogP contribution >= 0.6 is 11.6 Å². The number of ether oxygens (including phenoxy) is 1. The molecule has 12 heavy (non-hydrogen) atoms. The van der Waals surface area contributed by atoms with E-state index in [0.717, 1.165) is 0 Å². The maximum absolute atomic E-state index is 11.7. The zero-order chi connectivity index (χ0) is 8.97. The van der Waals surface area contributed by atoms with Crippen LogP contribution in [0.1, 0.15) is 10.4 Å². The number of hydrogen-bond donors (Lipinski definition) is 0. The minimum atomic E-state index is -0.932. The highest BCUT2D eigenvalue weighted by molar-refractivity contribution is 6.31. The summed E-state index contributed by atoms with van der Waals surface area (Å²) in [5, 5.41) is 0.350. The third-order valence-corrected chi connectivity index (χ3v) is 1.47. The van der Waals surface area contributed by atoms with Crippen molar-refractivity contribution in [1.82, 2.24) is 0 Å². The van der Waals surface area contributed by atoms with Crippen molar-refractivity contribution < 1.29 is 13.9 Å². The Labute approximate surface area is 73.9 Å². The first kappa shape index (κ1) is 9.00. The molecule has 4 heteroatoms. The molecule has 1 aromatic carbocycles. The fraction of sp³-hybridized carbons (Fsp3) is 0.125. The van der Waals surface area contributed by atoms with Gasteiger partial charge in [0.25, 0.3) is 0 Å². The van der Waals surface area contributed by atoms with Crippen LogP contribution in [-0.2, 0) is 0 Å². The van der Waals surface area contributed by atoms with E-state index in [0.29, 0.717) is 16.9 Å². The molecule has 0 aliphatic heterocycles. The number of rotatable bonds is 3. The number of benzene rings is 1. The maximum Gasteiger partial charge on any atom is 0.228 e. The van der Waals surface area contributed by atoms with E-state index in [1.165, 1.54) is 18.2 Å². The van der Waals surface area contributed by atoms with Gasteiger partial charge in [-0.1, -0.05) is 11.6 Å². The monoisotopic (exact) mass is 188 g/mol.